The molecule has 2 aromatic carbocycles. The Kier molecular flexibility index (Phi) is 11.2. The minimum Gasteiger partial charge on any atom is -0.508 e. The highest BCUT2D eigenvalue weighted by molar-refractivity contribution is 5.94. The van der Waals surface area contributed by atoms with Gasteiger partial charge >= 0.3 is 5.97 Å². The second kappa shape index (κ2) is 14.1. The lowest BCUT2D eigenvalue weighted by molar-refractivity contribution is -0.146. The van der Waals surface area contributed by atoms with Crippen molar-refractivity contribution in [2.24, 2.45) is 5.73 Å². The lowest BCUT2D eigenvalue weighted by Gasteiger charge is -2.27. The van der Waals surface area contributed by atoms with Crippen LogP contribution in [0.3, 0.4) is 0 Å². The van der Waals surface area contributed by atoms with Gasteiger partial charge in [-0.2, -0.15) is 0 Å². The highest BCUT2D eigenvalue weighted by Gasteiger charge is 2.34. The molecule has 0 heterocycles. The maximum atomic E-state index is 13.2. The second-order valence-electron chi connectivity index (χ2n) is 9.02. The molecule has 38 heavy (non-hydrogen) atoms. The molecule has 0 saturated carbocycles. The monoisotopic (exact) mass is 530 g/mol. The van der Waals surface area contributed by atoms with Crippen molar-refractivity contribution in [2.75, 3.05) is 0 Å². The number of rotatable bonds is 13. The van der Waals surface area contributed by atoms with Crippen molar-refractivity contribution < 1.29 is 39.6 Å². The zero-order valence-corrected chi connectivity index (χ0v) is 21.1. The maximum absolute atomic E-state index is 13.2. The summed E-state index contributed by atoms with van der Waals surface area (Å²) in [7, 11) is 0. The number of carboxylic acids is 1. The number of phenols is 1. The minimum atomic E-state index is -1.67. The van der Waals surface area contributed by atoms with E-state index in [0.717, 1.165) is 0 Å². The fourth-order valence-electron chi connectivity index (χ4n) is 3.61. The quantitative estimate of drug-likeness (QED) is 0.156. The number of hydrogen-bond donors (Lipinski definition) is 8. The topological polar surface area (TPSA) is 211 Å². The summed E-state index contributed by atoms with van der Waals surface area (Å²) in [5, 5.41) is 45.5. The SMILES string of the molecule is CC(O)C(NC(=O)C(NC(=O)C(Cc1ccccc1)NC(=O)C(N)Cc1ccc(O)cc1)C(C)O)C(=O)O. The van der Waals surface area contributed by atoms with E-state index in [1.165, 1.54) is 26.0 Å². The van der Waals surface area contributed by atoms with E-state index in [2.05, 4.69) is 16.0 Å². The maximum Gasteiger partial charge on any atom is 0.328 e. The van der Waals surface area contributed by atoms with Gasteiger partial charge in [-0.3, -0.25) is 14.4 Å². The predicted molar refractivity (Wildman–Crippen MR) is 137 cm³/mol. The van der Waals surface area contributed by atoms with Crippen LogP contribution in [0.1, 0.15) is 25.0 Å². The summed E-state index contributed by atoms with van der Waals surface area (Å²) >= 11 is 0. The first-order valence-corrected chi connectivity index (χ1v) is 12.0. The number of aliphatic hydroxyl groups excluding tert-OH is 2. The van der Waals surface area contributed by atoms with E-state index in [-0.39, 0.29) is 18.6 Å². The number of carbonyl (C=O) groups excluding carboxylic acids is 3. The number of phenolic OH excluding ortho intramolecular Hbond substituents is 1. The third-order valence-electron chi connectivity index (χ3n) is 5.75. The Balaban J connectivity index is 2.19. The first-order valence-electron chi connectivity index (χ1n) is 12.0. The number of nitrogens with one attached hydrogen (secondary N) is 3. The molecule has 0 aliphatic carbocycles. The molecule has 0 aliphatic heterocycles. The van der Waals surface area contributed by atoms with Crippen LogP contribution in [0.5, 0.6) is 5.75 Å². The molecular weight excluding hydrogens is 496 g/mol. The Morgan fingerprint density at radius 1 is 0.737 bits per heavy atom. The molecule has 12 nitrogen and oxygen atoms in total. The third kappa shape index (κ3) is 9.14. The molecule has 0 radical (unpaired) electrons. The molecule has 0 aliphatic rings. The first kappa shape index (κ1) is 30.2. The van der Waals surface area contributed by atoms with Crippen LogP contribution in [0.15, 0.2) is 54.6 Å². The lowest BCUT2D eigenvalue weighted by atomic mass is 10.0. The number of carboxylic acid groups (broad SMARTS) is 1. The molecule has 0 aromatic heterocycles. The molecule has 0 saturated heterocycles. The number of amides is 3. The first-order chi connectivity index (χ1) is 17.9. The molecule has 6 unspecified atom stereocenters. The van der Waals surface area contributed by atoms with Crippen LogP contribution < -0.4 is 21.7 Å². The highest BCUT2D eigenvalue weighted by Crippen LogP contribution is 2.11. The number of hydrogen-bond acceptors (Lipinski definition) is 8. The Bertz CT molecular complexity index is 1090. The van der Waals surface area contributed by atoms with E-state index >= 15 is 0 Å². The fraction of sp³-hybridized carbons (Fsp3) is 0.385. The van der Waals surface area contributed by atoms with Crippen molar-refractivity contribution in [1.29, 1.82) is 0 Å². The smallest absolute Gasteiger partial charge is 0.328 e. The Labute approximate surface area is 219 Å². The number of carbonyl (C=O) groups is 4. The van der Waals surface area contributed by atoms with Gasteiger partial charge in [-0.05, 0) is 43.5 Å². The molecule has 206 valence electrons. The van der Waals surface area contributed by atoms with E-state index in [4.69, 9.17) is 5.73 Å². The van der Waals surface area contributed by atoms with Gasteiger partial charge in [0.1, 0.15) is 17.8 Å². The van der Waals surface area contributed by atoms with Crippen molar-refractivity contribution in [3.05, 3.63) is 65.7 Å². The molecule has 0 spiro atoms. The predicted octanol–water partition coefficient (Wildman–Crippen LogP) is -1.19. The van der Waals surface area contributed by atoms with E-state index < -0.39 is 60.1 Å². The van der Waals surface area contributed by atoms with E-state index in [1.807, 2.05) is 0 Å². The largest absolute Gasteiger partial charge is 0.508 e. The van der Waals surface area contributed by atoms with E-state index in [0.29, 0.717) is 11.1 Å². The van der Waals surface area contributed by atoms with Gasteiger partial charge in [-0.15, -0.1) is 0 Å². The van der Waals surface area contributed by atoms with Crippen molar-refractivity contribution in [1.82, 2.24) is 16.0 Å². The van der Waals surface area contributed by atoms with Crippen LogP contribution in [0, 0.1) is 0 Å². The van der Waals surface area contributed by atoms with Crippen LogP contribution in [0.4, 0.5) is 0 Å². The fourth-order valence-corrected chi connectivity index (χ4v) is 3.61. The average Bonchev–Trinajstić information content (AvgIpc) is 2.86. The van der Waals surface area contributed by atoms with Crippen molar-refractivity contribution in [3.8, 4) is 5.75 Å². The number of aliphatic hydroxyl groups is 2. The van der Waals surface area contributed by atoms with Crippen LogP contribution in [-0.2, 0) is 32.0 Å². The van der Waals surface area contributed by atoms with E-state index in [9.17, 15) is 39.6 Å². The van der Waals surface area contributed by atoms with Gasteiger partial charge < -0.3 is 42.1 Å². The molecule has 2 rings (SSSR count). The Hall–Kier alpha value is -4.00. The standard InChI is InChI=1S/C26H34N4O8/c1-14(31)21(25(36)30-22(15(2)32)26(37)38)29-24(35)20(13-16-6-4-3-5-7-16)28-23(34)19(27)12-17-8-10-18(33)11-9-17/h3-11,14-15,19-22,31-33H,12-13,27H2,1-2H3,(H,28,34)(H,29,35)(H,30,36)(H,37,38). The number of aromatic hydroxyl groups is 1. The van der Waals surface area contributed by atoms with Crippen LogP contribution in [-0.4, -0.2) is 80.5 Å². The summed E-state index contributed by atoms with van der Waals surface area (Å²) < 4.78 is 0. The normalized spacial score (nSPS) is 15.7. The molecule has 12 heteroatoms. The highest BCUT2D eigenvalue weighted by atomic mass is 16.4. The molecule has 0 bridgehead atoms. The van der Waals surface area contributed by atoms with Gasteiger partial charge in [0.25, 0.3) is 0 Å². The van der Waals surface area contributed by atoms with Crippen molar-refractivity contribution in [2.45, 2.75) is 63.1 Å². The zero-order chi connectivity index (χ0) is 28.4. The summed E-state index contributed by atoms with van der Waals surface area (Å²) in [6.07, 6.45) is -2.72. The summed E-state index contributed by atoms with van der Waals surface area (Å²) in [4.78, 5) is 50.1. The van der Waals surface area contributed by atoms with Crippen LogP contribution in [0.25, 0.3) is 0 Å². The van der Waals surface area contributed by atoms with Gasteiger partial charge in [0.15, 0.2) is 6.04 Å². The zero-order valence-electron chi connectivity index (χ0n) is 21.1. The Morgan fingerprint density at radius 3 is 1.79 bits per heavy atom. The summed E-state index contributed by atoms with van der Waals surface area (Å²) in [6, 6.07) is 9.40. The van der Waals surface area contributed by atoms with Gasteiger partial charge in [0, 0.05) is 6.42 Å². The number of aliphatic carboxylic acids is 1. The van der Waals surface area contributed by atoms with E-state index in [1.54, 1.807) is 42.5 Å². The molecular formula is C26H34N4O8. The van der Waals surface area contributed by atoms with Gasteiger partial charge in [-0.1, -0.05) is 42.5 Å². The molecule has 0 fully saturated rings. The third-order valence-corrected chi connectivity index (χ3v) is 5.75. The summed E-state index contributed by atoms with van der Waals surface area (Å²) in [6.45, 7) is 2.39. The summed E-state index contributed by atoms with van der Waals surface area (Å²) in [5.41, 5.74) is 7.43. The second-order valence-corrected chi connectivity index (χ2v) is 9.02. The molecule has 6 atom stereocenters. The van der Waals surface area contributed by atoms with Crippen LogP contribution >= 0.6 is 0 Å². The molecule has 9 N–H and O–H groups in total. The molecule has 2 aromatic rings. The van der Waals surface area contributed by atoms with Crippen molar-refractivity contribution >= 4 is 23.7 Å². The number of nitrogens with two attached hydrogens (primary N) is 1. The van der Waals surface area contributed by atoms with Crippen LogP contribution in [0.2, 0.25) is 0 Å². The van der Waals surface area contributed by atoms with Gasteiger partial charge in [0.05, 0.1) is 18.2 Å². The number of benzene rings is 2. The molecule has 3 amide bonds. The van der Waals surface area contributed by atoms with Gasteiger partial charge in [0.2, 0.25) is 17.7 Å². The minimum absolute atomic E-state index is 0.0317. The Morgan fingerprint density at radius 2 is 1.26 bits per heavy atom. The summed E-state index contributed by atoms with van der Waals surface area (Å²) in [5.74, 6) is -3.93. The van der Waals surface area contributed by atoms with Gasteiger partial charge in [-0.25, -0.2) is 4.79 Å². The average molecular weight is 531 g/mol. The lowest BCUT2D eigenvalue weighted by Crippen LogP contribution is -2.61. The van der Waals surface area contributed by atoms with Crippen molar-refractivity contribution in [3.63, 3.8) is 0 Å².